The zero-order valence-corrected chi connectivity index (χ0v) is 15.9. The van der Waals surface area contributed by atoms with Gasteiger partial charge in [0.2, 0.25) is 0 Å². The van der Waals surface area contributed by atoms with Crippen LogP contribution in [0.25, 0.3) is 11.4 Å². The molecule has 0 atom stereocenters. The Hall–Kier alpha value is -1.70. The van der Waals surface area contributed by atoms with Gasteiger partial charge in [-0.15, -0.1) is 0 Å². The molecule has 2 heterocycles. The van der Waals surface area contributed by atoms with Crippen molar-refractivity contribution in [2.75, 3.05) is 0 Å². The first kappa shape index (κ1) is 18.1. The number of nitrogens with zero attached hydrogens (tertiary/aromatic N) is 2. The minimum atomic E-state index is 0.134. The molecule has 2 nitrogen and oxygen atoms in total. The lowest BCUT2D eigenvalue weighted by Crippen LogP contribution is -2.25. The third kappa shape index (κ3) is 3.63. The van der Waals surface area contributed by atoms with E-state index in [1.54, 1.807) is 0 Å². The van der Waals surface area contributed by atoms with Crippen LogP contribution in [0.1, 0.15) is 89.2 Å². The highest BCUT2D eigenvalue weighted by molar-refractivity contribution is 5.74. The van der Waals surface area contributed by atoms with Crippen LogP contribution in [0.2, 0.25) is 0 Å². The lowest BCUT2D eigenvalue weighted by atomic mass is 9.71. The number of hydrogen-bond donors (Lipinski definition) is 0. The summed E-state index contributed by atoms with van der Waals surface area (Å²) in [4.78, 5) is 9.44. The molecule has 0 fully saturated rings. The van der Waals surface area contributed by atoms with Crippen molar-refractivity contribution in [3.8, 4) is 11.4 Å². The molecule has 0 unspecified atom stereocenters. The molecule has 1 aliphatic rings. The summed E-state index contributed by atoms with van der Waals surface area (Å²) >= 11 is 0. The molecule has 0 N–H and O–H groups in total. The maximum Gasteiger partial charge on any atom is 0.0930 e. The van der Waals surface area contributed by atoms with Gasteiger partial charge < -0.3 is 0 Å². The van der Waals surface area contributed by atoms with Gasteiger partial charge in [-0.3, -0.25) is 9.97 Å². The van der Waals surface area contributed by atoms with Crippen LogP contribution in [0.3, 0.4) is 0 Å². The lowest BCUT2D eigenvalue weighted by Gasteiger charge is -2.32. The molecule has 134 valence electrons. The predicted octanol–water partition coefficient (Wildman–Crippen LogP) is 6.68. The maximum atomic E-state index is 4.72. The average Bonchev–Trinajstić information content (AvgIpc) is 2.94. The maximum absolute atomic E-state index is 4.72. The van der Waals surface area contributed by atoms with Gasteiger partial charge in [0.05, 0.1) is 11.4 Å². The number of unbranched alkanes of at least 4 members (excludes halogenated alkanes) is 6. The van der Waals surface area contributed by atoms with E-state index < -0.39 is 0 Å². The van der Waals surface area contributed by atoms with Crippen LogP contribution >= 0.6 is 0 Å². The predicted molar refractivity (Wildman–Crippen MR) is 106 cm³/mol. The van der Waals surface area contributed by atoms with Gasteiger partial charge in [0.25, 0.3) is 0 Å². The standard InChI is InChI=1S/C23H32N2/c1-3-5-7-9-15-23(16-10-8-6-4-2)19-13-11-17-24-21(19)22-20(23)14-12-18-25-22/h11-14,17-18H,3-10,15-16H2,1-2H3. The zero-order chi connectivity index (χ0) is 17.5. The van der Waals surface area contributed by atoms with Gasteiger partial charge in [-0.1, -0.05) is 77.3 Å². The van der Waals surface area contributed by atoms with Crippen LogP contribution in [0.4, 0.5) is 0 Å². The van der Waals surface area contributed by atoms with Crippen molar-refractivity contribution in [3.05, 3.63) is 47.8 Å². The highest BCUT2D eigenvalue weighted by Gasteiger charge is 2.43. The third-order valence-corrected chi connectivity index (χ3v) is 5.79. The second-order valence-electron chi connectivity index (χ2n) is 7.50. The van der Waals surface area contributed by atoms with E-state index in [2.05, 4.69) is 38.1 Å². The fourth-order valence-corrected chi connectivity index (χ4v) is 4.48. The van der Waals surface area contributed by atoms with Crippen molar-refractivity contribution in [2.45, 2.75) is 83.5 Å². The number of hydrogen-bond acceptors (Lipinski definition) is 2. The van der Waals surface area contributed by atoms with Crippen molar-refractivity contribution in [3.63, 3.8) is 0 Å². The second-order valence-corrected chi connectivity index (χ2v) is 7.50. The smallest absolute Gasteiger partial charge is 0.0930 e. The van der Waals surface area contributed by atoms with Crippen LogP contribution in [0.15, 0.2) is 36.7 Å². The molecule has 2 aromatic rings. The topological polar surface area (TPSA) is 25.8 Å². The molecule has 2 heteroatoms. The monoisotopic (exact) mass is 336 g/mol. The van der Waals surface area contributed by atoms with Gasteiger partial charge in [0, 0.05) is 17.8 Å². The molecule has 0 saturated carbocycles. The van der Waals surface area contributed by atoms with Gasteiger partial charge in [0.15, 0.2) is 0 Å². The Kier molecular flexibility index (Phi) is 6.23. The van der Waals surface area contributed by atoms with E-state index in [9.17, 15) is 0 Å². The summed E-state index contributed by atoms with van der Waals surface area (Å²) in [5.74, 6) is 0. The van der Waals surface area contributed by atoms with Crippen molar-refractivity contribution in [1.29, 1.82) is 0 Å². The van der Waals surface area contributed by atoms with E-state index in [1.165, 1.54) is 75.3 Å². The zero-order valence-electron chi connectivity index (χ0n) is 15.9. The van der Waals surface area contributed by atoms with E-state index in [-0.39, 0.29) is 5.41 Å². The first-order valence-corrected chi connectivity index (χ1v) is 10.2. The summed E-state index contributed by atoms with van der Waals surface area (Å²) in [6.07, 6.45) is 16.8. The summed E-state index contributed by atoms with van der Waals surface area (Å²) in [6, 6.07) is 8.84. The normalized spacial score (nSPS) is 14.3. The van der Waals surface area contributed by atoms with Crippen molar-refractivity contribution in [2.24, 2.45) is 0 Å². The number of fused-ring (bicyclic) bond motifs is 3. The highest BCUT2D eigenvalue weighted by Crippen LogP contribution is 2.52. The average molecular weight is 337 g/mol. The summed E-state index contributed by atoms with van der Waals surface area (Å²) in [5.41, 5.74) is 5.25. The number of aromatic nitrogens is 2. The Labute approximate surface area is 153 Å². The van der Waals surface area contributed by atoms with Crippen LogP contribution in [0.5, 0.6) is 0 Å². The SMILES string of the molecule is CCCCCCC1(CCCCCC)c2cccnc2-c2ncccc21. The number of pyridine rings is 2. The van der Waals surface area contributed by atoms with Crippen molar-refractivity contribution in [1.82, 2.24) is 9.97 Å². The van der Waals surface area contributed by atoms with Crippen LogP contribution in [0, 0.1) is 0 Å². The van der Waals surface area contributed by atoms with Gasteiger partial charge in [-0.05, 0) is 36.1 Å². The Bertz CT molecular complexity index is 618. The van der Waals surface area contributed by atoms with Crippen molar-refractivity contribution < 1.29 is 0 Å². The van der Waals surface area contributed by atoms with E-state index in [1.807, 2.05) is 12.4 Å². The fourth-order valence-electron chi connectivity index (χ4n) is 4.48. The molecule has 0 radical (unpaired) electrons. The molecule has 0 spiro atoms. The first-order chi connectivity index (χ1) is 12.3. The Morgan fingerprint density at radius 2 is 1.16 bits per heavy atom. The minimum Gasteiger partial charge on any atom is -0.254 e. The lowest BCUT2D eigenvalue weighted by molar-refractivity contribution is 0.400. The highest BCUT2D eigenvalue weighted by atomic mass is 14.8. The Morgan fingerprint density at radius 3 is 1.60 bits per heavy atom. The summed E-state index contributed by atoms with van der Waals surface area (Å²) in [6.45, 7) is 4.57. The summed E-state index contributed by atoms with van der Waals surface area (Å²) < 4.78 is 0. The van der Waals surface area contributed by atoms with Gasteiger partial charge in [-0.2, -0.15) is 0 Å². The molecule has 3 rings (SSSR count). The summed E-state index contributed by atoms with van der Waals surface area (Å²) in [7, 11) is 0. The molecular weight excluding hydrogens is 304 g/mol. The Morgan fingerprint density at radius 1 is 0.680 bits per heavy atom. The second kappa shape index (κ2) is 8.60. The summed E-state index contributed by atoms with van der Waals surface area (Å²) in [5, 5.41) is 0. The molecule has 0 bridgehead atoms. The third-order valence-electron chi connectivity index (χ3n) is 5.79. The van der Waals surface area contributed by atoms with E-state index in [0.717, 1.165) is 11.4 Å². The van der Waals surface area contributed by atoms with Crippen LogP contribution in [-0.4, -0.2) is 9.97 Å². The minimum absolute atomic E-state index is 0.134. The van der Waals surface area contributed by atoms with E-state index >= 15 is 0 Å². The van der Waals surface area contributed by atoms with Gasteiger partial charge in [0.1, 0.15) is 0 Å². The molecule has 0 aliphatic heterocycles. The molecular formula is C23H32N2. The van der Waals surface area contributed by atoms with Gasteiger partial charge >= 0.3 is 0 Å². The van der Waals surface area contributed by atoms with E-state index in [4.69, 9.17) is 9.97 Å². The molecule has 0 saturated heterocycles. The van der Waals surface area contributed by atoms with Crippen molar-refractivity contribution >= 4 is 0 Å². The molecule has 25 heavy (non-hydrogen) atoms. The first-order valence-electron chi connectivity index (χ1n) is 10.2. The molecule has 0 aromatic carbocycles. The van der Waals surface area contributed by atoms with E-state index in [0.29, 0.717) is 0 Å². The largest absolute Gasteiger partial charge is 0.254 e. The van der Waals surface area contributed by atoms with Gasteiger partial charge in [-0.25, -0.2) is 0 Å². The quantitative estimate of drug-likeness (QED) is 0.452. The fraction of sp³-hybridized carbons (Fsp3) is 0.565. The Balaban J connectivity index is 1.94. The molecule has 0 amide bonds. The molecule has 1 aliphatic carbocycles. The molecule has 2 aromatic heterocycles. The number of rotatable bonds is 10. The van der Waals surface area contributed by atoms with Crippen LogP contribution in [-0.2, 0) is 5.41 Å². The van der Waals surface area contributed by atoms with Crippen LogP contribution < -0.4 is 0 Å².